The topological polar surface area (TPSA) is 44.8 Å². The molecule has 4 heteroatoms. The zero-order valence-corrected chi connectivity index (χ0v) is 11.3. The molecule has 4 nitrogen and oxygen atoms in total. The van der Waals surface area contributed by atoms with Crippen molar-refractivity contribution in [2.24, 2.45) is 5.92 Å². The van der Waals surface area contributed by atoms with E-state index in [1.807, 2.05) is 31.2 Å². The number of methoxy groups -OCH3 is 3. The molecule has 0 amide bonds. The van der Waals surface area contributed by atoms with Crippen LogP contribution in [0.5, 0.6) is 5.75 Å². The maximum absolute atomic E-state index is 12.0. The van der Waals surface area contributed by atoms with Crippen molar-refractivity contribution in [2.75, 3.05) is 21.3 Å². The van der Waals surface area contributed by atoms with Crippen molar-refractivity contribution in [2.45, 2.75) is 19.6 Å². The van der Waals surface area contributed by atoms with Gasteiger partial charge in [-0.3, -0.25) is 4.79 Å². The lowest BCUT2D eigenvalue weighted by Gasteiger charge is -2.19. The summed E-state index contributed by atoms with van der Waals surface area (Å²) in [5.74, 6) is 0.585. The molecule has 0 spiro atoms. The Morgan fingerprint density at radius 3 is 2.11 bits per heavy atom. The van der Waals surface area contributed by atoms with E-state index >= 15 is 0 Å². The molecule has 0 heterocycles. The van der Waals surface area contributed by atoms with Gasteiger partial charge in [-0.05, 0) is 17.7 Å². The van der Waals surface area contributed by atoms with Gasteiger partial charge in [-0.15, -0.1) is 0 Å². The van der Waals surface area contributed by atoms with Crippen molar-refractivity contribution in [3.8, 4) is 5.75 Å². The van der Waals surface area contributed by atoms with E-state index in [0.29, 0.717) is 6.42 Å². The van der Waals surface area contributed by atoms with Gasteiger partial charge in [-0.25, -0.2) is 0 Å². The second kappa shape index (κ2) is 7.13. The molecule has 1 rings (SSSR count). The maximum Gasteiger partial charge on any atom is 0.166 e. The van der Waals surface area contributed by atoms with Crippen LogP contribution >= 0.6 is 0 Å². The van der Waals surface area contributed by atoms with Crippen molar-refractivity contribution >= 4 is 5.78 Å². The van der Waals surface area contributed by atoms with Crippen LogP contribution in [0.3, 0.4) is 0 Å². The van der Waals surface area contributed by atoms with Gasteiger partial charge in [-0.2, -0.15) is 0 Å². The summed E-state index contributed by atoms with van der Waals surface area (Å²) >= 11 is 0. The highest BCUT2D eigenvalue weighted by atomic mass is 16.7. The lowest BCUT2D eigenvalue weighted by atomic mass is 9.99. The van der Waals surface area contributed by atoms with Crippen molar-refractivity contribution < 1.29 is 19.0 Å². The van der Waals surface area contributed by atoms with Crippen molar-refractivity contribution in [1.82, 2.24) is 0 Å². The third-order valence-electron chi connectivity index (χ3n) is 2.92. The molecule has 0 bridgehead atoms. The molecule has 0 saturated heterocycles. The van der Waals surface area contributed by atoms with Gasteiger partial charge in [0, 0.05) is 20.6 Å². The molecule has 0 aliphatic carbocycles. The number of carbonyl (C=O) groups is 1. The Morgan fingerprint density at radius 1 is 1.11 bits per heavy atom. The van der Waals surface area contributed by atoms with Crippen LogP contribution in [0.1, 0.15) is 12.5 Å². The molecule has 18 heavy (non-hydrogen) atoms. The summed E-state index contributed by atoms with van der Waals surface area (Å²) in [6.07, 6.45) is -0.121. The monoisotopic (exact) mass is 252 g/mol. The van der Waals surface area contributed by atoms with E-state index in [2.05, 4.69) is 0 Å². The van der Waals surface area contributed by atoms with Crippen molar-refractivity contribution in [1.29, 1.82) is 0 Å². The quantitative estimate of drug-likeness (QED) is 0.697. The molecule has 1 atom stereocenters. The summed E-state index contributed by atoms with van der Waals surface area (Å²) in [7, 11) is 4.68. The standard InChI is InChI=1S/C14H20O4/c1-10(14(17-3)18-4)13(15)9-11-5-7-12(16-2)8-6-11/h5-8,10,14H,9H2,1-4H3. The Morgan fingerprint density at radius 2 is 1.67 bits per heavy atom. The lowest BCUT2D eigenvalue weighted by molar-refractivity contribution is -0.153. The third kappa shape index (κ3) is 3.82. The predicted octanol–water partition coefficient (Wildman–Crippen LogP) is 2.06. The number of rotatable bonds is 7. The average molecular weight is 252 g/mol. The fourth-order valence-electron chi connectivity index (χ4n) is 1.76. The van der Waals surface area contributed by atoms with Crippen molar-refractivity contribution in [3.05, 3.63) is 29.8 Å². The Bertz CT molecular complexity index is 368. The largest absolute Gasteiger partial charge is 0.497 e. The summed E-state index contributed by atoms with van der Waals surface area (Å²) in [4.78, 5) is 12.0. The molecule has 1 unspecified atom stereocenters. The average Bonchev–Trinajstić information content (AvgIpc) is 2.40. The van der Waals surface area contributed by atoms with Gasteiger partial charge in [0.25, 0.3) is 0 Å². The van der Waals surface area contributed by atoms with Crippen LogP contribution in [0.4, 0.5) is 0 Å². The van der Waals surface area contributed by atoms with Gasteiger partial charge in [0.2, 0.25) is 0 Å². The second-order valence-electron chi connectivity index (χ2n) is 4.12. The van der Waals surface area contributed by atoms with E-state index in [9.17, 15) is 4.79 Å². The first-order valence-electron chi connectivity index (χ1n) is 5.83. The van der Waals surface area contributed by atoms with E-state index in [0.717, 1.165) is 11.3 Å². The van der Waals surface area contributed by atoms with Crippen LogP contribution < -0.4 is 4.74 Å². The Hall–Kier alpha value is -1.39. The smallest absolute Gasteiger partial charge is 0.166 e. The van der Waals surface area contributed by atoms with E-state index in [-0.39, 0.29) is 11.7 Å². The number of benzene rings is 1. The van der Waals surface area contributed by atoms with E-state index in [1.165, 1.54) is 14.2 Å². The van der Waals surface area contributed by atoms with Crippen LogP contribution in [0.15, 0.2) is 24.3 Å². The molecular weight excluding hydrogens is 232 g/mol. The molecule has 0 aromatic heterocycles. The molecule has 0 radical (unpaired) electrons. The van der Waals surface area contributed by atoms with E-state index < -0.39 is 6.29 Å². The summed E-state index contributed by atoms with van der Waals surface area (Å²) in [5.41, 5.74) is 0.957. The van der Waals surface area contributed by atoms with E-state index in [4.69, 9.17) is 14.2 Å². The number of Topliss-reactive ketones (excluding diaryl/α,β-unsaturated/α-hetero) is 1. The second-order valence-corrected chi connectivity index (χ2v) is 4.12. The number of hydrogen-bond acceptors (Lipinski definition) is 4. The van der Waals surface area contributed by atoms with Gasteiger partial charge in [0.05, 0.1) is 13.0 Å². The van der Waals surface area contributed by atoms with Gasteiger partial charge in [-0.1, -0.05) is 19.1 Å². The first-order chi connectivity index (χ1) is 8.62. The summed E-state index contributed by atoms with van der Waals surface area (Å²) < 4.78 is 15.3. The molecule has 100 valence electrons. The SMILES string of the molecule is COc1ccc(CC(=O)C(C)C(OC)OC)cc1. The third-order valence-corrected chi connectivity index (χ3v) is 2.92. The molecule has 1 aromatic carbocycles. The molecule has 1 aromatic rings. The fourth-order valence-corrected chi connectivity index (χ4v) is 1.76. The zero-order chi connectivity index (χ0) is 13.5. The van der Waals surface area contributed by atoms with Gasteiger partial charge in [0.1, 0.15) is 11.5 Å². The number of hydrogen-bond donors (Lipinski definition) is 0. The highest BCUT2D eigenvalue weighted by molar-refractivity contribution is 5.83. The minimum absolute atomic E-state index is 0.0915. The van der Waals surface area contributed by atoms with Crippen LogP contribution in [0.25, 0.3) is 0 Å². The first-order valence-corrected chi connectivity index (χ1v) is 5.83. The number of ether oxygens (including phenoxy) is 3. The molecule has 0 fully saturated rings. The Balaban J connectivity index is 2.62. The van der Waals surface area contributed by atoms with Gasteiger partial charge < -0.3 is 14.2 Å². The van der Waals surface area contributed by atoms with Gasteiger partial charge >= 0.3 is 0 Å². The van der Waals surface area contributed by atoms with E-state index in [1.54, 1.807) is 7.11 Å². The first kappa shape index (κ1) is 14.7. The molecule has 0 aliphatic heterocycles. The normalized spacial score (nSPS) is 12.5. The molecule has 0 saturated carbocycles. The predicted molar refractivity (Wildman–Crippen MR) is 68.7 cm³/mol. The highest BCUT2D eigenvalue weighted by Crippen LogP contribution is 2.15. The molecule has 0 N–H and O–H groups in total. The van der Waals surface area contributed by atoms with Crippen LogP contribution in [0, 0.1) is 5.92 Å². The molecular formula is C14H20O4. The fraction of sp³-hybridized carbons (Fsp3) is 0.500. The maximum atomic E-state index is 12.0. The Labute approximate surface area is 108 Å². The highest BCUT2D eigenvalue weighted by Gasteiger charge is 2.23. The minimum Gasteiger partial charge on any atom is -0.497 e. The van der Waals surface area contributed by atoms with Crippen LogP contribution in [0.2, 0.25) is 0 Å². The summed E-state index contributed by atoms with van der Waals surface area (Å²) in [6.45, 7) is 1.81. The minimum atomic E-state index is -0.490. The summed E-state index contributed by atoms with van der Waals surface area (Å²) in [5, 5.41) is 0. The van der Waals surface area contributed by atoms with Crippen LogP contribution in [-0.4, -0.2) is 33.4 Å². The van der Waals surface area contributed by atoms with Crippen molar-refractivity contribution in [3.63, 3.8) is 0 Å². The number of ketones is 1. The summed E-state index contributed by atoms with van der Waals surface area (Å²) in [6, 6.07) is 7.46. The lowest BCUT2D eigenvalue weighted by Crippen LogP contribution is -2.30. The Kier molecular flexibility index (Phi) is 5.82. The molecule has 0 aliphatic rings. The number of carbonyl (C=O) groups excluding carboxylic acids is 1. The van der Waals surface area contributed by atoms with Crippen LogP contribution in [-0.2, 0) is 20.7 Å². The zero-order valence-electron chi connectivity index (χ0n) is 11.3. The van der Waals surface area contributed by atoms with Gasteiger partial charge in [0.15, 0.2) is 6.29 Å².